The lowest BCUT2D eigenvalue weighted by Crippen LogP contribution is -2.39. The SMILES string of the molecule is Cc1cc(CNC(=O)NC(c2ccccc2C)C(C)C)no1. The molecule has 1 atom stereocenters. The van der Waals surface area contributed by atoms with Crippen molar-refractivity contribution in [3.8, 4) is 0 Å². The molecule has 0 saturated carbocycles. The second-order valence-electron chi connectivity index (χ2n) is 5.83. The number of nitrogens with zero attached hydrogens (tertiary/aromatic N) is 1. The smallest absolute Gasteiger partial charge is 0.315 e. The van der Waals surface area contributed by atoms with E-state index in [-0.39, 0.29) is 12.1 Å². The van der Waals surface area contributed by atoms with Gasteiger partial charge in [0.15, 0.2) is 0 Å². The maximum atomic E-state index is 12.1. The molecular weight excluding hydrogens is 278 g/mol. The van der Waals surface area contributed by atoms with E-state index in [4.69, 9.17) is 4.52 Å². The molecule has 0 aliphatic heterocycles. The molecule has 22 heavy (non-hydrogen) atoms. The predicted octanol–water partition coefficient (Wildman–Crippen LogP) is 3.49. The van der Waals surface area contributed by atoms with Crippen LogP contribution in [-0.4, -0.2) is 11.2 Å². The molecule has 0 bridgehead atoms. The Labute approximate surface area is 131 Å². The van der Waals surface area contributed by atoms with E-state index < -0.39 is 0 Å². The number of hydrogen-bond acceptors (Lipinski definition) is 3. The highest BCUT2D eigenvalue weighted by Gasteiger charge is 2.19. The highest BCUT2D eigenvalue weighted by atomic mass is 16.5. The van der Waals surface area contributed by atoms with Crippen molar-refractivity contribution in [3.05, 3.63) is 52.9 Å². The lowest BCUT2D eigenvalue weighted by Gasteiger charge is -2.24. The minimum atomic E-state index is -0.206. The van der Waals surface area contributed by atoms with Crippen molar-refractivity contribution >= 4 is 6.03 Å². The first kappa shape index (κ1) is 16.1. The first-order chi connectivity index (χ1) is 10.5. The number of aromatic nitrogens is 1. The van der Waals surface area contributed by atoms with Gasteiger partial charge >= 0.3 is 6.03 Å². The van der Waals surface area contributed by atoms with Gasteiger partial charge in [-0.25, -0.2) is 4.79 Å². The lowest BCUT2D eigenvalue weighted by molar-refractivity contribution is 0.232. The van der Waals surface area contributed by atoms with Gasteiger partial charge in [0.05, 0.1) is 12.6 Å². The summed E-state index contributed by atoms with van der Waals surface area (Å²) in [4.78, 5) is 12.1. The van der Waals surface area contributed by atoms with E-state index in [2.05, 4.69) is 48.7 Å². The number of aryl methyl sites for hydroxylation is 2. The van der Waals surface area contributed by atoms with Crippen LogP contribution in [0.4, 0.5) is 4.79 Å². The maximum Gasteiger partial charge on any atom is 0.315 e. The third-order valence-electron chi connectivity index (χ3n) is 3.58. The quantitative estimate of drug-likeness (QED) is 0.888. The van der Waals surface area contributed by atoms with Crippen molar-refractivity contribution in [2.24, 2.45) is 5.92 Å². The molecule has 1 heterocycles. The van der Waals surface area contributed by atoms with Crippen LogP contribution in [0.3, 0.4) is 0 Å². The van der Waals surface area contributed by atoms with Gasteiger partial charge < -0.3 is 15.2 Å². The van der Waals surface area contributed by atoms with Crippen molar-refractivity contribution < 1.29 is 9.32 Å². The van der Waals surface area contributed by atoms with Crippen LogP contribution in [0.25, 0.3) is 0 Å². The van der Waals surface area contributed by atoms with Crippen LogP contribution < -0.4 is 10.6 Å². The monoisotopic (exact) mass is 301 g/mol. The van der Waals surface area contributed by atoms with Crippen LogP contribution in [0.5, 0.6) is 0 Å². The zero-order valence-electron chi connectivity index (χ0n) is 13.5. The zero-order valence-corrected chi connectivity index (χ0v) is 13.5. The summed E-state index contributed by atoms with van der Waals surface area (Å²) in [6.45, 7) is 8.42. The fourth-order valence-electron chi connectivity index (χ4n) is 2.40. The Hall–Kier alpha value is -2.30. The van der Waals surface area contributed by atoms with Gasteiger partial charge in [0.25, 0.3) is 0 Å². The van der Waals surface area contributed by atoms with Gasteiger partial charge in [0.2, 0.25) is 0 Å². The minimum absolute atomic E-state index is 0.0276. The molecule has 118 valence electrons. The first-order valence-corrected chi connectivity index (χ1v) is 7.49. The third-order valence-corrected chi connectivity index (χ3v) is 3.58. The number of benzene rings is 1. The average Bonchev–Trinajstić information content (AvgIpc) is 2.89. The molecule has 0 radical (unpaired) electrons. The van der Waals surface area contributed by atoms with E-state index in [1.54, 1.807) is 0 Å². The Bertz CT molecular complexity index is 634. The number of amides is 2. The van der Waals surface area contributed by atoms with Crippen LogP contribution >= 0.6 is 0 Å². The summed E-state index contributed by atoms with van der Waals surface area (Å²) >= 11 is 0. The van der Waals surface area contributed by atoms with E-state index >= 15 is 0 Å². The molecule has 0 saturated heterocycles. The number of nitrogens with one attached hydrogen (secondary N) is 2. The number of carbonyl (C=O) groups is 1. The second-order valence-corrected chi connectivity index (χ2v) is 5.83. The molecule has 1 unspecified atom stereocenters. The first-order valence-electron chi connectivity index (χ1n) is 7.49. The average molecular weight is 301 g/mol. The summed E-state index contributed by atoms with van der Waals surface area (Å²) in [7, 11) is 0. The molecule has 0 fully saturated rings. The molecule has 1 aromatic heterocycles. The second kappa shape index (κ2) is 7.11. The molecule has 0 spiro atoms. The van der Waals surface area contributed by atoms with E-state index in [0.717, 1.165) is 11.3 Å². The Morgan fingerprint density at radius 3 is 2.59 bits per heavy atom. The minimum Gasteiger partial charge on any atom is -0.361 e. The van der Waals surface area contributed by atoms with Crippen molar-refractivity contribution in [2.45, 2.75) is 40.3 Å². The fourth-order valence-corrected chi connectivity index (χ4v) is 2.40. The summed E-state index contributed by atoms with van der Waals surface area (Å²) in [6, 6.07) is 9.69. The van der Waals surface area contributed by atoms with E-state index in [0.29, 0.717) is 18.2 Å². The van der Waals surface area contributed by atoms with Gasteiger partial charge in [-0.3, -0.25) is 0 Å². The van der Waals surface area contributed by atoms with E-state index in [1.165, 1.54) is 5.56 Å². The molecular formula is C17H23N3O2. The number of urea groups is 1. The van der Waals surface area contributed by atoms with Gasteiger partial charge in [-0.05, 0) is 30.9 Å². The summed E-state index contributed by atoms with van der Waals surface area (Å²) < 4.78 is 4.98. The summed E-state index contributed by atoms with van der Waals surface area (Å²) in [5.41, 5.74) is 3.03. The Morgan fingerprint density at radius 2 is 2.00 bits per heavy atom. The number of hydrogen-bond donors (Lipinski definition) is 2. The van der Waals surface area contributed by atoms with Crippen LogP contribution in [0.1, 0.15) is 42.5 Å². The molecule has 2 aromatic rings. The molecule has 0 aliphatic carbocycles. The molecule has 2 rings (SSSR count). The molecule has 2 N–H and O–H groups in total. The van der Waals surface area contributed by atoms with Crippen molar-refractivity contribution in [2.75, 3.05) is 0 Å². The lowest BCUT2D eigenvalue weighted by atomic mass is 9.93. The van der Waals surface area contributed by atoms with E-state index in [9.17, 15) is 4.79 Å². The van der Waals surface area contributed by atoms with Crippen LogP contribution in [0, 0.1) is 19.8 Å². The van der Waals surface area contributed by atoms with Gasteiger partial charge in [-0.15, -0.1) is 0 Å². The Kier molecular flexibility index (Phi) is 5.20. The number of rotatable bonds is 5. The molecule has 1 aromatic carbocycles. The molecule has 2 amide bonds. The fraction of sp³-hybridized carbons (Fsp3) is 0.412. The van der Waals surface area contributed by atoms with Crippen LogP contribution in [0.15, 0.2) is 34.9 Å². The van der Waals surface area contributed by atoms with Gasteiger partial charge in [-0.1, -0.05) is 43.3 Å². The van der Waals surface area contributed by atoms with Crippen LogP contribution in [-0.2, 0) is 6.54 Å². The number of carbonyl (C=O) groups excluding carboxylic acids is 1. The molecule has 5 nitrogen and oxygen atoms in total. The van der Waals surface area contributed by atoms with Gasteiger partial charge in [-0.2, -0.15) is 0 Å². The largest absolute Gasteiger partial charge is 0.361 e. The summed E-state index contributed by atoms with van der Waals surface area (Å²) in [5.74, 6) is 1.03. The standard InChI is InChI=1S/C17H23N3O2/c1-11(2)16(15-8-6-5-7-12(15)3)19-17(21)18-10-14-9-13(4)22-20-14/h5-9,11,16H,10H2,1-4H3,(H2,18,19,21). The maximum absolute atomic E-state index is 12.1. The molecule has 5 heteroatoms. The van der Waals surface area contributed by atoms with Crippen molar-refractivity contribution in [3.63, 3.8) is 0 Å². The summed E-state index contributed by atoms with van der Waals surface area (Å²) in [6.07, 6.45) is 0. The third kappa shape index (κ3) is 4.10. The van der Waals surface area contributed by atoms with Crippen molar-refractivity contribution in [1.82, 2.24) is 15.8 Å². The Balaban J connectivity index is 1.99. The van der Waals surface area contributed by atoms with Crippen molar-refractivity contribution in [1.29, 1.82) is 0 Å². The normalized spacial score (nSPS) is 12.2. The predicted molar refractivity (Wildman–Crippen MR) is 85.4 cm³/mol. The van der Waals surface area contributed by atoms with E-state index in [1.807, 2.05) is 25.1 Å². The summed E-state index contributed by atoms with van der Waals surface area (Å²) in [5, 5.41) is 9.71. The van der Waals surface area contributed by atoms with Crippen LogP contribution in [0.2, 0.25) is 0 Å². The highest BCUT2D eigenvalue weighted by molar-refractivity contribution is 5.74. The Morgan fingerprint density at radius 1 is 1.27 bits per heavy atom. The highest BCUT2D eigenvalue weighted by Crippen LogP contribution is 2.24. The van der Waals surface area contributed by atoms with Gasteiger partial charge in [0, 0.05) is 6.07 Å². The molecule has 0 aliphatic rings. The zero-order chi connectivity index (χ0) is 16.1. The topological polar surface area (TPSA) is 67.2 Å². The van der Waals surface area contributed by atoms with Gasteiger partial charge in [0.1, 0.15) is 11.5 Å².